The number of likely N-dealkylation sites (N-methyl/N-ethyl adjacent to an activating group) is 1. The molecule has 2 amide bonds. The Labute approximate surface area is 168 Å². The third-order valence-corrected chi connectivity index (χ3v) is 6.00. The Kier molecular flexibility index (Phi) is 7.45. The summed E-state index contributed by atoms with van der Waals surface area (Å²) < 4.78 is 0. The third kappa shape index (κ3) is 4.92. The van der Waals surface area contributed by atoms with Crippen LogP contribution in [-0.4, -0.2) is 73.5 Å². The number of carbonyl (C=O) groups is 2. The van der Waals surface area contributed by atoms with Crippen LogP contribution in [-0.2, 0) is 16.0 Å². The number of piperazine rings is 1. The molecule has 2 aliphatic heterocycles. The van der Waals surface area contributed by atoms with Gasteiger partial charge in [0, 0.05) is 51.4 Å². The molecule has 0 unspecified atom stereocenters. The normalized spacial score (nSPS) is 19.8. The number of para-hydroxylation sites is 1. The van der Waals surface area contributed by atoms with E-state index in [9.17, 15) is 9.59 Å². The summed E-state index contributed by atoms with van der Waals surface area (Å²) in [5.41, 5.74) is 2.07. The lowest BCUT2D eigenvalue weighted by molar-refractivity contribution is -0.126. The highest BCUT2D eigenvalue weighted by Crippen LogP contribution is 2.29. The summed E-state index contributed by atoms with van der Waals surface area (Å²) >= 11 is 0. The molecule has 0 bridgehead atoms. The van der Waals surface area contributed by atoms with Crippen molar-refractivity contribution in [2.75, 3.05) is 50.7 Å². The Hall–Kier alpha value is -1.92. The summed E-state index contributed by atoms with van der Waals surface area (Å²) in [6.45, 7) is 11.1. The molecule has 0 radical (unpaired) electrons. The van der Waals surface area contributed by atoms with Gasteiger partial charge in [0.15, 0.2) is 0 Å². The van der Waals surface area contributed by atoms with Crippen LogP contribution in [0.1, 0.15) is 38.7 Å². The molecular formula is C22H34N4O2. The molecule has 28 heavy (non-hydrogen) atoms. The Balaban J connectivity index is 1.59. The SMILES string of the molecule is CC[C@@H](C(=O)NCCN1CCN(CC)CC1)N1C(=O)CCCc2ccccc21. The van der Waals surface area contributed by atoms with Crippen molar-refractivity contribution in [3.8, 4) is 0 Å². The number of aryl methyl sites for hydroxylation is 1. The number of rotatable bonds is 7. The highest BCUT2D eigenvalue weighted by atomic mass is 16.2. The predicted octanol–water partition coefficient (Wildman–Crippen LogP) is 1.89. The first-order valence-corrected chi connectivity index (χ1v) is 10.8. The van der Waals surface area contributed by atoms with Crippen LogP contribution in [0.4, 0.5) is 5.69 Å². The molecule has 1 aromatic rings. The van der Waals surface area contributed by atoms with Crippen LogP contribution in [0.3, 0.4) is 0 Å². The van der Waals surface area contributed by atoms with Crippen molar-refractivity contribution in [3.05, 3.63) is 29.8 Å². The first kappa shape index (κ1) is 20.8. The molecule has 0 saturated carbocycles. The highest BCUT2D eigenvalue weighted by Gasteiger charge is 2.32. The van der Waals surface area contributed by atoms with Crippen LogP contribution >= 0.6 is 0 Å². The van der Waals surface area contributed by atoms with Gasteiger partial charge in [-0.15, -0.1) is 0 Å². The molecule has 3 rings (SSSR count). The molecule has 1 N–H and O–H groups in total. The third-order valence-electron chi connectivity index (χ3n) is 6.00. The van der Waals surface area contributed by atoms with Crippen molar-refractivity contribution in [2.24, 2.45) is 0 Å². The minimum atomic E-state index is -0.441. The van der Waals surface area contributed by atoms with Gasteiger partial charge < -0.3 is 10.2 Å². The van der Waals surface area contributed by atoms with Gasteiger partial charge in [-0.25, -0.2) is 0 Å². The van der Waals surface area contributed by atoms with Crippen molar-refractivity contribution < 1.29 is 9.59 Å². The zero-order valence-corrected chi connectivity index (χ0v) is 17.3. The Bertz CT molecular complexity index is 670. The van der Waals surface area contributed by atoms with E-state index in [1.165, 1.54) is 0 Å². The number of carbonyl (C=O) groups excluding carboxylic acids is 2. The van der Waals surface area contributed by atoms with Crippen LogP contribution in [0.25, 0.3) is 0 Å². The van der Waals surface area contributed by atoms with Gasteiger partial charge in [0.1, 0.15) is 6.04 Å². The van der Waals surface area contributed by atoms with E-state index in [0.717, 1.165) is 63.4 Å². The predicted molar refractivity (Wildman–Crippen MR) is 113 cm³/mol. The molecule has 0 aliphatic carbocycles. The monoisotopic (exact) mass is 386 g/mol. The smallest absolute Gasteiger partial charge is 0.243 e. The van der Waals surface area contributed by atoms with E-state index in [-0.39, 0.29) is 11.8 Å². The standard InChI is InChI=1S/C22H34N4O2/c1-3-19(22(28)23-12-13-25-16-14-24(4-2)15-17-25)26-20-10-6-5-8-18(20)9-7-11-21(26)27/h5-6,8,10,19H,3-4,7,9,11-17H2,1-2H3,(H,23,28)/t19-/m0/s1. The molecular weight excluding hydrogens is 352 g/mol. The quantitative estimate of drug-likeness (QED) is 0.778. The van der Waals surface area contributed by atoms with E-state index in [2.05, 4.69) is 28.1 Å². The van der Waals surface area contributed by atoms with E-state index in [1.807, 2.05) is 25.1 Å². The first-order valence-electron chi connectivity index (χ1n) is 10.8. The van der Waals surface area contributed by atoms with Crippen LogP contribution in [0.15, 0.2) is 24.3 Å². The molecule has 1 atom stereocenters. The molecule has 1 saturated heterocycles. The largest absolute Gasteiger partial charge is 0.353 e. The fraction of sp³-hybridized carbons (Fsp3) is 0.636. The van der Waals surface area contributed by atoms with Crippen LogP contribution in [0.2, 0.25) is 0 Å². The van der Waals surface area contributed by atoms with Crippen LogP contribution < -0.4 is 10.2 Å². The minimum Gasteiger partial charge on any atom is -0.353 e. The number of hydrogen-bond donors (Lipinski definition) is 1. The van der Waals surface area contributed by atoms with E-state index in [1.54, 1.807) is 4.90 Å². The number of nitrogens with zero attached hydrogens (tertiary/aromatic N) is 3. The number of anilines is 1. The molecule has 1 fully saturated rings. The zero-order chi connectivity index (χ0) is 19.9. The number of benzene rings is 1. The summed E-state index contributed by atoms with van der Waals surface area (Å²) in [6.07, 6.45) is 2.84. The minimum absolute atomic E-state index is 0.0419. The molecule has 0 spiro atoms. The molecule has 6 heteroatoms. The van der Waals surface area contributed by atoms with Gasteiger partial charge in [-0.05, 0) is 37.4 Å². The van der Waals surface area contributed by atoms with Gasteiger partial charge in [-0.3, -0.25) is 19.4 Å². The summed E-state index contributed by atoms with van der Waals surface area (Å²) in [5, 5.41) is 3.09. The average Bonchev–Trinajstić information content (AvgIpc) is 2.88. The first-order chi connectivity index (χ1) is 13.6. The van der Waals surface area contributed by atoms with Crippen LogP contribution in [0, 0.1) is 0 Å². The Morgan fingerprint density at radius 1 is 1.07 bits per heavy atom. The zero-order valence-electron chi connectivity index (χ0n) is 17.3. The fourth-order valence-corrected chi connectivity index (χ4v) is 4.25. The summed E-state index contributed by atoms with van der Waals surface area (Å²) in [5.74, 6) is 0.0161. The van der Waals surface area contributed by atoms with E-state index in [0.29, 0.717) is 19.4 Å². The number of amides is 2. The molecule has 2 aliphatic rings. The van der Waals surface area contributed by atoms with Gasteiger partial charge in [0.2, 0.25) is 11.8 Å². The molecule has 0 aromatic heterocycles. The molecule has 2 heterocycles. The maximum Gasteiger partial charge on any atom is 0.243 e. The van der Waals surface area contributed by atoms with E-state index in [4.69, 9.17) is 0 Å². The fourth-order valence-electron chi connectivity index (χ4n) is 4.25. The topological polar surface area (TPSA) is 55.9 Å². The summed E-state index contributed by atoms with van der Waals surface area (Å²) in [7, 11) is 0. The van der Waals surface area contributed by atoms with Crippen molar-refractivity contribution in [1.29, 1.82) is 0 Å². The second-order valence-corrected chi connectivity index (χ2v) is 7.74. The van der Waals surface area contributed by atoms with Crippen molar-refractivity contribution >= 4 is 17.5 Å². The van der Waals surface area contributed by atoms with Crippen molar-refractivity contribution in [3.63, 3.8) is 0 Å². The Morgan fingerprint density at radius 2 is 1.79 bits per heavy atom. The number of hydrogen-bond acceptors (Lipinski definition) is 4. The van der Waals surface area contributed by atoms with Gasteiger partial charge in [0.25, 0.3) is 0 Å². The lowest BCUT2D eigenvalue weighted by Gasteiger charge is -2.34. The van der Waals surface area contributed by atoms with Crippen LogP contribution in [0.5, 0.6) is 0 Å². The second kappa shape index (κ2) is 10.0. The second-order valence-electron chi connectivity index (χ2n) is 7.74. The van der Waals surface area contributed by atoms with Gasteiger partial charge in [0.05, 0.1) is 0 Å². The lowest BCUT2D eigenvalue weighted by Crippen LogP contribution is -2.52. The van der Waals surface area contributed by atoms with Crippen molar-refractivity contribution in [1.82, 2.24) is 15.1 Å². The number of fused-ring (bicyclic) bond motifs is 1. The van der Waals surface area contributed by atoms with Gasteiger partial charge >= 0.3 is 0 Å². The van der Waals surface area contributed by atoms with Gasteiger partial charge in [-0.1, -0.05) is 32.0 Å². The molecule has 154 valence electrons. The Morgan fingerprint density at radius 3 is 2.50 bits per heavy atom. The molecule has 1 aromatic carbocycles. The summed E-state index contributed by atoms with van der Waals surface area (Å²) in [6, 6.07) is 7.56. The van der Waals surface area contributed by atoms with E-state index < -0.39 is 6.04 Å². The molecule has 6 nitrogen and oxygen atoms in total. The highest BCUT2D eigenvalue weighted by molar-refractivity contribution is 6.01. The van der Waals surface area contributed by atoms with E-state index >= 15 is 0 Å². The summed E-state index contributed by atoms with van der Waals surface area (Å²) in [4.78, 5) is 32.3. The average molecular weight is 387 g/mol. The van der Waals surface area contributed by atoms with Gasteiger partial charge in [-0.2, -0.15) is 0 Å². The maximum absolute atomic E-state index is 12.9. The lowest BCUT2D eigenvalue weighted by atomic mass is 10.1. The number of nitrogens with one attached hydrogen (secondary N) is 1. The maximum atomic E-state index is 12.9. The van der Waals surface area contributed by atoms with Crippen molar-refractivity contribution in [2.45, 2.75) is 45.6 Å².